The molecule has 138 valence electrons. The molecule has 1 atom stereocenters. The van der Waals surface area contributed by atoms with Gasteiger partial charge < -0.3 is 15.5 Å². The van der Waals surface area contributed by atoms with Crippen LogP contribution in [0.15, 0.2) is 11.1 Å². The third-order valence-electron chi connectivity index (χ3n) is 4.70. The van der Waals surface area contributed by atoms with E-state index < -0.39 is 9.84 Å². The number of rotatable bonds is 6. The zero-order valence-electron chi connectivity index (χ0n) is 14.5. The first-order valence-corrected chi connectivity index (χ1v) is 10.6. The number of nitrogens with one attached hydrogen (secondary N) is 2. The molecule has 2 N–H and O–H groups in total. The molecule has 0 unspecified atom stereocenters. The lowest BCUT2D eigenvalue weighted by atomic mass is 9.96. The Kier molecular flexibility index (Phi) is 5.53. The van der Waals surface area contributed by atoms with Crippen LogP contribution >= 0.6 is 0 Å². The Morgan fingerprint density at radius 3 is 2.88 bits per heavy atom. The van der Waals surface area contributed by atoms with Crippen molar-refractivity contribution in [2.45, 2.75) is 36.5 Å². The number of hydrogen-bond acceptors (Lipinski definition) is 7. The molecule has 2 fully saturated rings. The highest BCUT2D eigenvalue weighted by molar-refractivity contribution is 7.90. The monoisotopic (exact) mass is 367 g/mol. The van der Waals surface area contributed by atoms with Gasteiger partial charge in [0.15, 0.2) is 9.84 Å². The number of hydrogen-bond donors (Lipinski definition) is 2. The van der Waals surface area contributed by atoms with Gasteiger partial charge in [0.25, 0.3) is 0 Å². The molecule has 1 amide bonds. The molecule has 3 heterocycles. The van der Waals surface area contributed by atoms with Crippen LogP contribution in [0, 0.1) is 0 Å². The van der Waals surface area contributed by atoms with Gasteiger partial charge in [-0.2, -0.15) is 0 Å². The predicted octanol–water partition coefficient (Wildman–Crippen LogP) is 0.381. The van der Waals surface area contributed by atoms with Gasteiger partial charge in [0.1, 0.15) is 4.90 Å². The van der Waals surface area contributed by atoms with E-state index in [1.165, 1.54) is 12.5 Å². The number of carbonyl (C=O) groups excluding carboxylic acids is 1. The molecule has 0 aromatic carbocycles. The zero-order chi connectivity index (χ0) is 17.9. The van der Waals surface area contributed by atoms with Gasteiger partial charge in [-0.25, -0.2) is 18.4 Å². The molecule has 9 heteroatoms. The number of amides is 1. The van der Waals surface area contributed by atoms with Crippen LogP contribution < -0.4 is 10.6 Å². The van der Waals surface area contributed by atoms with Crippen LogP contribution in [0.25, 0.3) is 0 Å². The van der Waals surface area contributed by atoms with Gasteiger partial charge in [-0.15, -0.1) is 0 Å². The van der Waals surface area contributed by atoms with E-state index in [9.17, 15) is 13.2 Å². The minimum atomic E-state index is -3.37. The first kappa shape index (κ1) is 18.1. The fourth-order valence-corrected chi connectivity index (χ4v) is 4.21. The van der Waals surface area contributed by atoms with Crippen molar-refractivity contribution in [3.8, 4) is 0 Å². The summed E-state index contributed by atoms with van der Waals surface area (Å²) in [6.45, 7) is 3.63. The first-order chi connectivity index (χ1) is 11.9. The van der Waals surface area contributed by atoms with Gasteiger partial charge in [-0.05, 0) is 25.8 Å². The van der Waals surface area contributed by atoms with Gasteiger partial charge in [-0.1, -0.05) is 0 Å². The predicted molar refractivity (Wildman–Crippen MR) is 94.3 cm³/mol. The average molecular weight is 367 g/mol. The number of piperidine rings is 1. The number of nitrogens with zero attached hydrogens (tertiary/aromatic N) is 3. The van der Waals surface area contributed by atoms with Crippen LogP contribution in [0.4, 0.5) is 5.95 Å². The molecule has 8 nitrogen and oxygen atoms in total. The standard InChI is InChI=1S/C16H25N5O3S/c1-25(23,24)13-11-19-16(18-7-9-21-8-3-5-14(21)22)20-15(13)12-4-2-6-17-10-12/h11-12,17H,2-10H2,1H3,(H,18,19,20)/t12-/m0/s1. The van der Waals surface area contributed by atoms with Gasteiger partial charge in [0, 0.05) is 44.8 Å². The molecule has 0 spiro atoms. The normalized spacial score (nSPS) is 21.6. The maximum Gasteiger partial charge on any atom is 0.223 e. The Morgan fingerprint density at radius 1 is 1.40 bits per heavy atom. The van der Waals surface area contributed by atoms with Crippen molar-refractivity contribution < 1.29 is 13.2 Å². The van der Waals surface area contributed by atoms with Crippen molar-refractivity contribution in [3.05, 3.63) is 11.9 Å². The van der Waals surface area contributed by atoms with E-state index in [0.717, 1.165) is 38.9 Å². The Labute approximate surface area is 148 Å². The van der Waals surface area contributed by atoms with Crippen LogP contribution in [-0.2, 0) is 14.6 Å². The summed E-state index contributed by atoms with van der Waals surface area (Å²) in [7, 11) is -3.37. The number of anilines is 1. The fraction of sp³-hybridized carbons (Fsp3) is 0.688. The van der Waals surface area contributed by atoms with Crippen LogP contribution in [0.2, 0.25) is 0 Å². The van der Waals surface area contributed by atoms with Crippen molar-refractivity contribution in [1.82, 2.24) is 20.2 Å². The molecule has 0 bridgehead atoms. The topological polar surface area (TPSA) is 104 Å². The fourth-order valence-electron chi connectivity index (χ4n) is 3.38. The Morgan fingerprint density at radius 2 is 2.24 bits per heavy atom. The summed E-state index contributed by atoms with van der Waals surface area (Å²) in [6.07, 6.45) is 6.04. The second kappa shape index (κ2) is 7.65. The number of likely N-dealkylation sites (tertiary alicyclic amines) is 1. The van der Waals surface area contributed by atoms with Gasteiger partial charge in [-0.3, -0.25) is 4.79 Å². The summed E-state index contributed by atoms with van der Waals surface area (Å²) in [5, 5.41) is 6.42. The van der Waals surface area contributed by atoms with Gasteiger partial charge in [0.05, 0.1) is 11.9 Å². The molecule has 1 aromatic rings. The molecule has 0 aliphatic carbocycles. The third-order valence-corrected chi connectivity index (χ3v) is 5.82. The van der Waals surface area contributed by atoms with Crippen LogP contribution in [0.3, 0.4) is 0 Å². The van der Waals surface area contributed by atoms with Gasteiger partial charge >= 0.3 is 0 Å². The zero-order valence-corrected chi connectivity index (χ0v) is 15.3. The summed E-state index contributed by atoms with van der Waals surface area (Å²) < 4.78 is 24.1. The second-order valence-corrected chi connectivity index (χ2v) is 8.65. The summed E-state index contributed by atoms with van der Waals surface area (Å²) in [6, 6.07) is 0. The maximum absolute atomic E-state index is 12.1. The van der Waals surface area contributed by atoms with Crippen LogP contribution in [0.1, 0.15) is 37.3 Å². The largest absolute Gasteiger partial charge is 0.352 e. The summed E-state index contributed by atoms with van der Waals surface area (Å²) in [5.41, 5.74) is 0.587. The van der Waals surface area contributed by atoms with Crippen molar-refractivity contribution >= 4 is 21.7 Å². The lowest BCUT2D eigenvalue weighted by Gasteiger charge is -2.24. The summed E-state index contributed by atoms with van der Waals surface area (Å²) in [4.78, 5) is 22.3. The van der Waals surface area contributed by atoms with E-state index in [1.54, 1.807) is 0 Å². The molecular weight excluding hydrogens is 342 g/mol. The molecule has 2 saturated heterocycles. The van der Waals surface area contributed by atoms with Crippen LogP contribution in [0.5, 0.6) is 0 Å². The number of aromatic nitrogens is 2. The highest BCUT2D eigenvalue weighted by atomic mass is 32.2. The molecule has 0 saturated carbocycles. The van der Waals surface area contributed by atoms with E-state index in [4.69, 9.17) is 0 Å². The molecule has 1 aromatic heterocycles. The third kappa shape index (κ3) is 4.46. The van der Waals surface area contributed by atoms with E-state index in [-0.39, 0.29) is 16.7 Å². The molecule has 0 radical (unpaired) electrons. The SMILES string of the molecule is CS(=O)(=O)c1cnc(NCCN2CCCC2=O)nc1[C@H]1CCCNC1. The molecule has 2 aliphatic heterocycles. The van der Waals surface area contributed by atoms with Gasteiger partial charge in [0.2, 0.25) is 11.9 Å². The summed E-state index contributed by atoms with van der Waals surface area (Å²) in [5.74, 6) is 0.672. The molecular formula is C16H25N5O3S. The number of sulfone groups is 1. The Balaban J connectivity index is 1.72. The lowest BCUT2D eigenvalue weighted by molar-refractivity contribution is -0.127. The van der Waals surface area contributed by atoms with E-state index in [2.05, 4.69) is 20.6 Å². The quantitative estimate of drug-likeness (QED) is 0.749. The minimum Gasteiger partial charge on any atom is -0.352 e. The maximum atomic E-state index is 12.1. The van der Waals surface area contributed by atoms with E-state index in [1.807, 2.05) is 4.90 Å². The molecule has 25 heavy (non-hydrogen) atoms. The van der Waals surface area contributed by atoms with Crippen molar-refractivity contribution in [2.24, 2.45) is 0 Å². The van der Waals surface area contributed by atoms with E-state index in [0.29, 0.717) is 31.2 Å². The van der Waals surface area contributed by atoms with Crippen molar-refractivity contribution in [1.29, 1.82) is 0 Å². The molecule has 2 aliphatic rings. The van der Waals surface area contributed by atoms with Crippen LogP contribution in [-0.4, -0.2) is 68.2 Å². The van der Waals surface area contributed by atoms with Crippen molar-refractivity contribution in [2.75, 3.05) is 44.3 Å². The highest BCUT2D eigenvalue weighted by Crippen LogP contribution is 2.27. The number of carbonyl (C=O) groups is 1. The lowest BCUT2D eigenvalue weighted by Crippen LogP contribution is -2.31. The smallest absolute Gasteiger partial charge is 0.223 e. The summed E-state index contributed by atoms with van der Waals surface area (Å²) >= 11 is 0. The van der Waals surface area contributed by atoms with E-state index >= 15 is 0 Å². The highest BCUT2D eigenvalue weighted by Gasteiger charge is 2.25. The van der Waals surface area contributed by atoms with Crippen molar-refractivity contribution in [3.63, 3.8) is 0 Å². The Bertz CT molecular complexity index is 731. The Hall–Kier alpha value is -1.74. The minimum absolute atomic E-state index is 0.0715. The average Bonchev–Trinajstić information content (AvgIpc) is 3.00. The first-order valence-electron chi connectivity index (χ1n) is 8.74. The molecule has 3 rings (SSSR count). The second-order valence-electron chi connectivity index (χ2n) is 6.67.